The summed E-state index contributed by atoms with van der Waals surface area (Å²) in [6.45, 7) is 6.49. The van der Waals surface area contributed by atoms with Crippen molar-refractivity contribution in [2.45, 2.75) is 12.8 Å². The molecule has 3 aliphatic rings. The minimum absolute atomic E-state index is 0.0764. The fourth-order valence-electron chi connectivity index (χ4n) is 4.09. The van der Waals surface area contributed by atoms with Crippen molar-refractivity contribution in [3.05, 3.63) is 42.0 Å². The molecule has 8 heteroatoms. The Labute approximate surface area is 169 Å². The van der Waals surface area contributed by atoms with Gasteiger partial charge >= 0.3 is 11.8 Å². The lowest BCUT2D eigenvalue weighted by atomic mass is 10.1. The molecule has 0 aromatic heterocycles. The highest BCUT2D eigenvalue weighted by atomic mass is 16.2. The summed E-state index contributed by atoms with van der Waals surface area (Å²) in [5, 5.41) is 0. The quantitative estimate of drug-likeness (QED) is 0.678. The first-order valence-electron chi connectivity index (χ1n) is 9.93. The summed E-state index contributed by atoms with van der Waals surface area (Å²) in [5.74, 6) is -1.34. The van der Waals surface area contributed by atoms with E-state index in [4.69, 9.17) is 0 Å². The normalized spacial score (nSPS) is 19.0. The summed E-state index contributed by atoms with van der Waals surface area (Å²) in [4.78, 5) is 56.1. The Kier molecular flexibility index (Phi) is 5.08. The van der Waals surface area contributed by atoms with Crippen LogP contribution in [-0.4, -0.2) is 89.0 Å². The number of amides is 4. The average molecular weight is 396 g/mol. The van der Waals surface area contributed by atoms with E-state index >= 15 is 0 Å². The second-order valence-electron chi connectivity index (χ2n) is 7.56. The molecule has 29 heavy (non-hydrogen) atoms. The Morgan fingerprint density at radius 1 is 0.793 bits per heavy atom. The van der Waals surface area contributed by atoms with Crippen LogP contribution >= 0.6 is 0 Å². The van der Waals surface area contributed by atoms with Crippen molar-refractivity contribution in [1.29, 1.82) is 0 Å². The van der Waals surface area contributed by atoms with Crippen molar-refractivity contribution in [3.8, 4) is 0 Å². The van der Waals surface area contributed by atoms with E-state index in [9.17, 15) is 19.2 Å². The molecule has 0 N–H and O–H groups in total. The molecule has 1 aromatic rings. The number of hydrogen-bond donors (Lipinski definition) is 0. The number of carbonyl (C=O) groups excluding carboxylic acids is 4. The van der Waals surface area contributed by atoms with Crippen molar-refractivity contribution < 1.29 is 19.2 Å². The number of likely N-dealkylation sites (tertiary alicyclic amines) is 1. The summed E-state index contributed by atoms with van der Waals surface area (Å²) in [6, 6.07) is 7.17. The minimum atomic E-state index is -0.488. The van der Waals surface area contributed by atoms with Gasteiger partial charge in [0.25, 0.3) is 5.91 Å². The Morgan fingerprint density at radius 3 is 1.90 bits per heavy atom. The summed E-state index contributed by atoms with van der Waals surface area (Å²) in [7, 11) is 0. The lowest BCUT2D eigenvalue weighted by Gasteiger charge is -2.35. The fourth-order valence-corrected chi connectivity index (χ4v) is 4.09. The minimum Gasteiger partial charge on any atom is -0.338 e. The molecule has 0 saturated carbocycles. The standard InChI is InChI=1S/C21H24N4O4/c1-15-16-6-2-3-7-17(16)19(27)25(15)14-18(26)22-10-12-24(13-11-22)21(29)20(28)23-8-4-5-9-23/h2-3,6-7H,1,4-5,8-14H2. The SMILES string of the molecule is C=C1c2ccccc2C(=O)N1CC(=O)N1CCN(C(=O)C(=O)N2CCCC2)CC1. The topological polar surface area (TPSA) is 81.2 Å². The number of carbonyl (C=O) groups is 4. The highest BCUT2D eigenvalue weighted by Crippen LogP contribution is 2.30. The van der Waals surface area contributed by atoms with E-state index in [0.29, 0.717) is 50.5 Å². The largest absolute Gasteiger partial charge is 0.338 e. The van der Waals surface area contributed by atoms with Gasteiger partial charge in [-0.05, 0) is 18.9 Å². The molecule has 0 atom stereocenters. The van der Waals surface area contributed by atoms with E-state index in [0.717, 1.165) is 18.4 Å². The van der Waals surface area contributed by atoms with Gasteiger partial charge in [-0.25, -0.2) is 0 Å². The predicted molar refractivity (Wildman–Crippen MR) is 105 cm³/mol. The Balaban J connectivity index is 1.32. The van der Waals surface area contributed by atoms with E-state index in [1.54, 1.807) is 21.9 Å². The Bertz CT molecular complexity index is 847. The van der Waals surface area contributed by atoms with Crippen LogP contribution in [0.15, 0.2) is 30.8 Å². The van der Waals surface area contributed by atoms with Crippen LogP contribution in [0.25, 0.3) is 5.70 Å². The first-order chi connectivity index (χ1) is 14.0. The van der Waals surface area contributed by atoms with Crippen LogP contribution in [0.1, 0.15) is 28.8 Å². The highest BCUT2D eigenvalue weighted by Gasteiger charge is 2.35. The maximum atomic E-state index is 12.7. The van der Waals surface area contributed by atoms with Crippen molar-refractivity contribution >= 4 is 29.3 Å². The van der Waals surface area contributed by atoms with Gasteiger partial charge in [-0.1, -0.05) is 24.8 Å². The van der Waals surface area contributed by atoms with Crippen LogP contribution in [0.2, 0.25) is 0 Å². The zero-order valence-corrected chi connectivity index (χ0v) is 16.3. The van der Waals surface area contributed by atoms with Gasteiger partial charge in [-0.2, -0.15) is 0 Å². The number of benzene rings is 1. The third-order valence-corrected chi connectivity index (χ3v) is 5.83. The van der Waals surface area contributed by atoms with E-state index in [2.05, 4.69) is 6.58 Å². The second kappa shape index (κ2) is 7.69. The smallest absolute Gasteiger partial charge is 0.312 e. The van der Waals surface area contributed by atoms with Crippen molar-refractivity contribution in [1.82, 2.24) is 19.6 Å². The maximum Gasteiger partial charge on any atom is 0.312 e. The molecule has 3 aliphatic heterocycles. The van der Waals surface area contributed by atoms with Gasteiger partial charge in [0.1, 0.15) is 6.54 Å². The van der Waals surface area contributed by atoms with Crippen LogP contribution in [-0.2, 0) is 14.4 Å². The van der Waals surface area contributed by atoms with Gasteiger partial charge in [0, 0.05) is 56.1 Å². The molecule has 2 fully saturated rings. The van der Waals surface area contributed by atoms with Crippen molar-refractivity contribution in [2.75, 3.05) is 45.8 Å². The molecule has 3 heterocycles. The van der Waals surface area contributed by atoms with Gasteiger partial charge in [0.05, 0.1) is 0 Å². The molecular weight excluding hydrogens is 372 g/mol. The summed E-state index contributed by atoms with van der Waals surface area (Å²) >= 11 is 0. The molecule has 0 radical (unpaired) electrons. The van der Waals surface area contributed by atoms with Crippen LogP contribution < -0.4 is 0 Å². The molecule has 0 spiro atoms. The van der Waals surface area contributed by atoms with E-state index in [1.165, 1.54) is 9.80 Å². The maximum absolute atomic E-state index is 12.7. The third kappa shape index (κ3) is 3.50. The molecule has 152 valence electrons. The highest BCUT2D eigenvalue weighted by molar-refractivity contribution is 6.35. The molecule has 0 bridgehead atoms. The van der Waals surface area contributed by atoms with Gasteiger partial charge in [-0.15, -0.1) is 0 Å². The predicted octanol–water partition coefficient (Wildman–Crippen LogP) is 0.406. The zero-order valence-electron chi connectivity index (χ0n) is 16.3. The second-order valence-corrected chi connectivity index (χ2v) is 7.56. The Hall–Kier alpha value is -3.16. The Morgan fingerprint density at radius 2 is 1.31 bits per heavy atom. The van der Waals surface area contributed by atoms with Crippen LogP contribution in [0.4, 0.5) is 0 Å². The fraction of sp³-hybridized carbons (Fsp3) is 0.429. The molecule has 4 amide bonds. The third-order valence-electron chi connectivity index (χ3n) is 5.83. The van der Waals surface area contributed by atoms with E-state index < -0.39 is 11.8 Å². The summed E-state index contributed by atoms with van der Waals surface area (Å²) in [6.07, 6.45) is 1.87. The summed E-state index contributed by atoms with van der Waals surface area (Å²) < 4.78 is 0. The van der Waals surface area contributed by atoms with Crippen LogP contribution in [0.3, 0.4) is 0 Å². The van der Waals surface area contributed by atoms with Crippen LogP contribution in [0, 0.1) is 0 Å². The van der Waals surface area contributed by atoms with Gasteiger partial charge in [0.15, 0.2) is 0 Å². The number of rotatable bonds is 2. The zero-order chi connectivity index (χ0) is 20.5. The van der Waals surface area contributed by atoms with Crippen molar-refractivity contribution in [2.24, 2.45) is 0 Å². The first-order valence-corrected chi connectivity index (χ1v) is 9.93. The lowest BCUT2D eigenvalue weighted by molar-refractivity contribution is -0.153. The van der Waals surface area contributed by atoms with E-state index in [1.807, 2.05) is 12.1 Å². The van der Waals surface area contributed by atoms with Gasteiger partial charge in [-0.3, -0.25) is 24.1 Å². The average Bonchev–Trinajstić information content (AvgIpc) is 3.37. The van der Waals surface area contributed by atoms with Gasteiger partial charge < -0.3 is 14.7 Å². The lowest BCUT2D eigenvalue weighted by Crippen LogP contribution is -2.55. The summed E-state index contributed by atoms with van der Waals surface area (Å²) in [5.41, 5.74) is 1.84. The molecule has 0 unspecified atom stereocenters. The molecule has 8 nitrogen and oxygen atoms in total. The molecule has 1 aromatic carbocycles. The van der Waals surface area contributed by atoms with Crippen molar-refractivity contribution in [3.63, 3.8) is 0 Å². The number of fused-ring (bicyclic) bond motifs is 1. The molecule has 0 aliphatic carbocycles. The number of piperazine rings is 1. The monoisotopic (exact) mass is 396 g/mol. The molecule has 4 rings (SSSR count). The molecular formula is C21H24N4O4. The van der Waals surface area contributed by atoms with Crippen LogP contribution in [0.5, 0.6) is 0 Å². The number of hydrogen-bond acceptors (Lipinski definition) is 4. The number of nitrogens with zero attached hydrogens (tertiary/aromatic N) is 4. The van der Waals surface area contributed by atoms with Gasteiger partial charge in [0.2, 0.25) is 5.91 Å². The first kappa shape index (κ1) is 19.2. The molecule has 2 saturated heterocycles. The van der Waals surface area contributed by atoms with E-state index in [-0.39, 0.29) is 18.4 Å².